The standard InChI is InChI=1S/C19H22BrN3/c1-12(2)10-16-19(22-18-13(3)6-5-7-14(18)4)23-11-15(20)8-9-17(23)21-16/h5-9,11-12,22H,10H2,1-4H3. The number of aromatic nitrogens is 2. The van der Waals surface area contributed by atoms with Crippen molar-refractivity contribution in [2.24, 2.45) is 5.92 Å². The number of rotatable bonds is 4. The SMILES string of the molecule is Cc1cccc(C)c1Nc1c(CC(C)C)nc2ccc(Br)cn12. The Balaban J connectivity index is 2.15. The molecule has 3 nitrogen and oxygen atoms in total. The molecule has 1 aromatic carbocycles. The third kappa shape index (κ3) is 3.27. The number of pyridine rings is 1. The molecule has 0 bridgehead atoms. The third-order valence-corrected chi connectivity index (χ3v) is 4.45. The number of hydrogen-bond acceptors (Lipinski definition) is 2. The summed E-state index contributed by atoms with van der Waals surface area (Å²) in [6.45, 7) is 8.72. The maximum Gasteiger partial charge on any atom is 0.138 e. The number of nitrogens with zero attached hydrogens (tertiary/aromatic N) is 2. The number of para-hydroxylation sites is 1. The molecule has 0 aliphatic carbocycles. The maximum atomic E-state index is 4.83. The molecule has 0 aliphatic heterocycles. The van der Waals surface area contributed by atoms with E-state index in [1.807, 2.05) is 12.1 Å². The molecule has 2 heterocycles. The molecule has 23 heavy (non-hydrogen) atoms. The fourth-order valence-corrected chi connectivity index (χ4v) is 3.20. The van der Waals surface area contributed by atoms with Crippen LogP contribution in [0.15, 0.2) is 41.0 Å². The van der Waals surface area contributed by atoms with Crippen LogP contribution in [0.3, 0.4) is 0 Å². The van der Waals surface area contributed by atoms with Crippen molar-refractivity contribution in [3.05, 3.63) is 57.8 Å². The molecule has 120 valence electrons. The summed E-state index contributed by atoms with van der Waals surface area (Å²) in [5.41, 5.74) is 5.73. The zero-order valence-corrected chi connectivity index (χ0v) is 15.6. The van der Waals surface area contributed by atoms with Gasteiger partial charge in [0.15, 0.2) is 0 Å². The zero-order valence-electron chi connectivity index (χ0n) is 14.0. The number of halogens is 1. The summed E-state index contributed by atoms with van der Waals surface area (Å²) in [4.78, 5) is 4.83. The van der Waals surface area contributed by atoms with Crippen molar-refractivity contribution in [3.8, 4) is 0 Å². The van der Waals surface area contributed by atoms with Crippen LogP contribution < -0.4 is 5.32 Å². The number of anilines is 2. The van der Waals surface area contributed by atoms with Crippen molar-refractivity contribution in [1.82, 2.24) is 9.38 Å². The van der Waals surface area contributed by atoms with E-state index < -0.39 is 0 Å². The molecule has 0 unspecified atom stereocenters. The number of aryl methyl sites for hydroxylation is 2. The first-order valence-electron chi connectivity index (χ1n) is 7.95. The van der Waals surface area contributed by atoms with E-state index in [-0.39, 0.29) is 0 Å². The molecule has 4 heteroatoms. The summed E-state index contributed by atoms with van der Waals surface area (Å²) in [6.07, 6.45) is 3.02. The van der Waals surface area contributed by atoms with Gasteiger partial charge in [0, 0.05) is 16.4 Å². The van der Waals surface area contributed by atoms with Gasteiger partial charge in [-0.15, -0.1) is 0 Å². The highest BCUT2D eigenvalue weighted by atomic mass is 79.9. The van der Waals surface area contributed by atoms with Crippen molar-refractivity contribution in [1.29, 1.82) is 0 Å². The summed E-state index contributed by atoms with van der Waals surface area (Å²) in [6, 6.07) is 10.4. The number of hydrogen-bond donors (Lipinski definition) is 1. The summed E-state index contributed by atoms with van der Waals surface area (Å²) in [5, 5.41) is 3.64. The molecule has 0 radical (unpaired) electrons. The number of imidazole rings is 1. The minimum absolute atomic E-state index is 0.557. The summed E-state index contributed by atoms with van der Waals surface area (Å²) in [7, 11) is 0. The zero-order chi connectivity index (χ0) is 16.6. The Bertz CT molecular complexity index is 829. The van der Waals surface area contributed by atoms with E-state index in [9.17, 15) is 0 Å². The summed E-state index contributed by atoms with van der Waals surface area (Å²) in [5.74, 6) is 1.62. The normalized spacial score (nSPS) is 11.4. The average Bonchev–Trinajstić information content (AvgIpc) is 2.79. The number of benzene rings is 1. The highest BCUT2D eigenvalue weighted by molar-refractivity contribution is 9.10. The van der Waals surface area contributed by atoms with Crippen LogP contribution in [0.2, 0.25) is 0 Å². The molecule has 0 amide bonds. The Morgan fingerprint density at radius 2 is 1.83 bits per heavy atom. The topological polar surface area (TPSA) is 29.3 Å². The summed E-state index contributed by atoms with van der Waals surface area (Å²) < 4.78 is 3.18. The van der Waals surface area contributed by atoms with Gasteiger partial charge in [-0.25, -0.2) is 4.98 Å². The molecular weight excluding hydrogens is 350 g/mol. The van der Waals surface area contributed by atoms with E-state index in [1.165, 1.54) is 16.8 Å². The molecule has 1 N–H and O–H groups in total. The van der Waals surface area contributed by atoms with Gasteiger partial charge in [0.05, 0.1) is 5.69 Å². The Kier molecular flexibility index (Phi) is 4.44. The lowest BCUT2D eigenvalue weighted by Crippen LogP contribution is -2.04. The Morgan fingerprint density at radius 1 is 1.13 bits per heavy atom. The lowest BCUT2D eigenvalue weighted by Gasteiger charge is -2.14. The van der Waals surface area contributed by atoms with Crippen molar-refractivity contribution < 1.29 is 0 Å². The second-order valence-corrected chi connectivity index (χ2v) is 7.39. The largest absolute Gasteiger partial charge is 0.339 e. The Hall–Kier alpha value is -1.81. The van der Waals surface area contributed by atoms with Gasteiger partial charge in [-0.2, -0.15) is 0 Å². The van der Waals surface area contributed by atoms with E-state index in [0.717, 1.165) is 28.1 Å². The molecule has 2 aromatic heterocycles. The number of nitrogens with one attached hydrogen (secondary N) is 1. The Morgan fingerprint density at radius 3 is 2.48 bits per heavy atom. The lowest BCUT2D eigenvalue weighted by molar-refractivity contribution is 0.639. The molecule has 0 aliphatic rings. The second kappa shape index (κ2) is 6.36. The predicted octanol–water partition coefficient (Wildman–Crippen LogP) is 5.66. The van der Waals surface area contributed by atoms with Crippen LogP contribution in [0.25, 0.3) is 5.65 Å². The summed E-state index contributed by atoms with van der Waals surface area (Å²) >= 11 is 3.56. The van der Waals surface area contributed by atoms with E-state index in [1.54, 1.807) is 0 Å². The fraction of sp³-hybridized carbons (Fsp3) is 0.316. The van der Waals surface area contributed by atoms with Gasteiger partial charge in [0.25, 0.3) is 0 Å². The first kappa shape index (κ1) is 16.1. The van der Waals surface area contributed by atoms with E-state index in [2.05, 4.69) is 77.7 Å². The van der Waals surface area contributed by atoms with Crippen LogP contribution in [0.1, 0.15) is 30.7 Å². The molecule has 0 saturated heterocycles. The van der Waals surface area contributed by atoms with Crippen LogP contribution >= 0.6 is 15.9 Å². The van der Waals surface area contributed by atoms with Crippen LogP contribution in [-0.4, -0.2) is 9.38 Å². The maximum absolute atomic E-state index is 4.83. The van der Waals surface area contributed by atoms with Gasteiger partial charge in [-0.1, -0.05) is 32.0 Å². The first-order valence-corrected chi connectivity index (χ1v) is 8.74. The van der Waals surface area contributed by atoms with Crippen molar-refractivity contribution in [3.63, 3.8) is 0 Å². The molecule has 0 saturated carbocycles. The third-order valence-electron chi connectivity index (χ3n) is 3.98. The molecule has 3 aromatic rings. The number of fused-ring (bicyclic) bond motifs is 1. The monoisotopic (exact) mass is 371 g/mol. The quantitative estimate of drug-likeness (QED) is 0.641. The molecule has 3 rings (SSSR count). The van der Waals surface area contributed by atoms with Gasteiger partial charge < -0.3 is 5.32 Å². The van der Waals surface area contributed by atoms with Crippen LogP contribution in [0.5, 0.6) is 0 Å². The van der Waals surface area contributed by atoms with Gasteiger partial charge in [0.1, 0.15) is 11.5 Å². The fourth-order valence-electron chi connectivity index (χ4n) is 2.86. The highest BCUT2D eigenvalue weighted by Crippen LogP contribution is 2.29. The van der Waals surface area contributed by atoms with Crippen molar-refractivity contribution in [2.75, 3.05) is 5.32 Å². The van der Waals surface area contributed by atoms with Gasteiger partial charge >= 0.3 is 0 Å². The van der Waals surface area contributed by atoms with Crippen LogP contribution in [-0.2, 0) is 6.42 Å². The van der Waals surface area contributed by atoms with E-state index in [0.29, 0.717) is 5.92 Å². The molecule has 0 atom stereocenters. The lowest BCUT2D eigenvalue weighted by atomic mass is 10.1. The smallest absolute Gasteiger partial charge is 0.138 e. The second-order valence-electron chi connectivity index (χ2n) is 6.47. The van der Waals surface area contributed by atoms with Gasteiger partial charge in [-0.3, -0.25) is 4.40 Å². The Labute approximate surface area is 145 Å². The van der Waals surface area contributed by atoms with Gasteiger partial charge in [0.2, 0.25) is 0 Å². The van der Waals surface area contributed by atoms with E-state index in [4.69, 9.17) is 4.98 Å². The minimum Gasteiger partial charge on any atom is -0.339 e. The van der Waals surface area contributed by atoms with E-state index >= 15 is 0 Å². The minimum atomic E-state index is 0.557. The predicted molar refractivity (Wildman–Crippen MR) is 101 cm³/mol. The molecule has 0 fully saturated rings. The molecule has 0 spiro atoms. The first-order chi connectivity index (χ1) is 11.0. The van der Waals surface area contributed by atoms with Crippen molar-refractivity contribution >= 4 is 33.1 Å². The van der Waals surface area contributed by atoms with Crippen molar-refractivity contribution in [2.45, 2.75) is 34.1 Å². The van der Waals surface area contributed by atoms with Crippen LogP contribution in [0.4, 0.5) is 11.5 Å². The average molecular weight is 372 g/mol. The molecular formula is C19H22BrN3. The highest BCUT2D eigenvalue weighted by Gasteiger charge is 2.15. The van der Waals surface area contributed by atoms with Gasteiger partial charge in [-0.05, 0) is 65.4 Å². The van der Waals surface area contributed by atoms with Crippen LogP contribution in [0, 0.1) is 19.8 Å².